The summed E-state index contributed by atoms with van der Waals surface area (Å²) in [6.07, 6.45) is 4.00. The summed E-state index contributed by atoms with van der Waals surface area (Å²) >= 11 is 0. The number of rotatable bonds is 7. The van der Waals surface area contributed by atoms with Gasteiger partial charge in [0.1, 0.15) is 0 Å². The summed E-state index contributed by atoms with van der Waals surface area (Å²) in [5, 5.41) is 15.7. The summed E-state index contributed by atoms with van der Waals surface area (Å²) in [5.74, 6) is 1.08. The molecule has 186 valence electrons. The third-order valence-electron chi connectivity index (χ3n) is 6.59. The maximum atomic E-state index is 13.0. The minimum atomic E-state index is -0.161. The molecular formula is C28H33N7O. The van der Waals surface area contributed by atoms with Gasteiger partial charge in [0.05, 0.1) is 11.1 Å². The Morgan fingerprint density at radius 2 is 2.00 bits per heavy atom. The topological polar surface area (TPSA) is 95.9 Å². The molecule has 0 spiro atoms. The first-order valence-corrected chi connectivity index (χ1v) is 12.6. The van der Waals surface area contributed by atoms with E-state index in [1.165, 1.54) is 11.1 Å². The molecule has 2 aromatic heterocycles. The molecule has 5 rings (SSSR count). The van der Waals surface area contributed by atoms with Gasteiger partial charge >= 0.3 is 0 Å². The third-order valence-corrected chi connectivity index (χ3v) is 6.59. The molecule has 2 aromatic carbocycles. The van der Waals surface area contributed by atoms with Gasteiger partial charge < -0.3 is 16.0 Å². The molecule has 36 heavy (non-hydrogen) atoms. The number of hydrogen-bond acceptors (Lipinski definition) is 6. The Morgan fingerprint density at radius 3 is 2.78 bits per heavy atom. The van der Waals surface area contributed by atoms with Crippen LogP contribution in [0, 0.1) is 6.92 Å². The summed E-state index contributed by atoms with van der Waals surface area (Å²) in [4.78, 5) is 19.2. The van der Waals surface area contributed by atoms with Gasteiger partial charge in [0, 0.05) is 30.0 Å². The van der Waals surface area contributed by atoms with Crippen LogP contribution in [0.2, 0.25) is 0 Å². The van der Waals surface area contributed by atoms with Crippen LogP contribution >= 0.6 is 0 Å². The van der Waals surface area contributed by atoms with Crippen molar-refractivity contribution < 1.29 is 4.79 Å². The summed E-state index contributed by atoms with van der Waals surface area (Å²) < 4.78 is 0. The van der Waals surface area contributed by atoms with Gasteiger partial charge in [-0.3, -0.25) is 10.2 Å². The number of carbonyl (C=O) groups is 1. The van der Waals surface area contributed by atoms with Crippen molar-refractivity contribution in [3.05, 3.63) is 77.5 Å². The number of nitrogens with zero attached hydrogens (tertiary/aromatic N) is 3. The normalized spacial score (nSPS) is 15.7. The second kappa shape index (κ2) is 10.4. The van der Waals surface area contributed by atoms with Crippen LogP contribution in [0.15, 0.2) is 60.8 Å². The highest BCUT2D eigenvalue weighted by molar-refractivity contribution is 6.04. The molecule has 1 amide bonds. The molecule has 0 radical (unpaired) electrons. The molecular weight excluding hydrogens is 450 g/mol. The maximum Gasteiger partial charge on any atom is 0.255 e. The largest absolute Gasteiger partial charge is 0.364 e. The lowest BCUT2D eigenvalue weighted by Gasteiger charge is -2.23. The van der Waals surface area contributed by atoms with Gasteiger partial charge in [-0.25, -0.2) is 4.98 Å². The van der Waals surface area contributed by atoms with Crippen molar-refractivity contribution in [1.29, 1.82) is 0 Å². The fourth-order valence-corrected chi connectivity index (χ4v) is 4.76. The summed E-state index contributed by atoms with van der Waals surface area (Å²) in [6.45, 7) is 8.39. The van der Waals surface area contributed by atoms with Crippen molar-refractivity contribution in [2.24, 2.45) is 0 Å². The van der Waals surface area contributed by atoms with Crippen molar-refractivity contribution in [2.45, 2.75) is 45.6 Å². The Bertz CT molecular complexity index is 1370. The fourth-order valence-electron chi connectivity index (χ4n) is 4.76. The minimum Gasteiger partial charge on any atom is -0.364 e. The summed E-state index contributed by atoms with van der Waals surface area (Å²) in [5.41, 5.74) is 8.57. The van der Waals surface area contributed by atoms with Crippen LogP contribution in [0.4, 0.5) is 17.2 Å². The molecule has 8 nitrogen and oxygen atoms in total. The lowest BCUT2D eigenvalue weighted by molar-refractivity contribution is 0.102. The zero-order valence-corrected chi connectivity index (χ0v) is 21.0. The van der Waals surface area contributed by atoms with Gasteiger partial charge in [0.2, 0.25) is 0 Å². The molecule has 4 aromatic rings. The molecule has 1 fully saturated rings. The van der Waals surface area contributed by atoms with E-state index in [0.717, 1.165) is 54.2 Å². The van der Waals surface area contributed by atoms with Gasteiger partial charge in [-0.05, 0) is 85.8 Å². The van der Waals surface area contributed by atoms with Gasteiger partial charge in [-0.2, -0.15) is 4.79 Å². The van der Waals surface area contributed by atoms with Crippen LogP contribution in [0.1, 0.15) is 54.1 Å². The number of piperidine rings is 1. The number of pyridine rings is 1. The monoisotopic (exact) mass is 483 g/mol. The molecule has 0 saturated carbocycles. The van der Waals surface area contributed by atoms with Crippen molar-refractivity contribution >= 4 is 34.1 Å². The molecule has 1 atom stereocenters. The average Bonchev–Trinajstić information content (AvgIpc) is 3.21. The molecule has 3 heterocycles. The second-order valence-electron chi connectivity index (χ2n) is 9.70. The van der Waals surface area contributed by atoms with E-state index in [0.29, 0.717) is 17.5 Å². The second-order valence-corrected chi connectivity index (χ2v) is 9.70. The van der Waals surface area contributed by atoms with Crippen molar-refractivity contribution in [2.75, 3.05) is 29.1 Å². The number of benzene rings is 2. The van der Waals surface area contributed by atoms with Crippen LogP contribution in [-0.2, 0) is 0 Å². The number of amides is 1. The van der Waals surface area contributed by atoms with E-state index in [1.54, 1.807) is 17.1 Å². The highest BCUT2D eigenvalue weighted by Gasteiger charge is 2.18. The first-order chi connectivity index (χ1) is 17.5. The van der Waals surface area contributed by atoms with E-state index in [4.69, 9.17) is 5.10 Å². The van der Waals surface area contributed by atoms with Gasteiger partial charge in [0.15, 0.2) is 11.5 Å². The lowest BCUT2D eigenvalue weighted by Crippen LogP contribution is -2.38. The molecule has 1 aliphatic rings. The van der Waals surface area contributed by atoms with Crippen LogP contribution in [0.5, 0.6) is 0 Å². The van der Waals surface area contributed by atoms with Crippen LogP contribution in [0.3, 0.4) is 0 Å². The highest BCUT2D eigenvalue weighted by Crippen LogP contribution is 2.25. The molecule has 1 saturated heterocycles. The molecule has 0 aliphatic carbocycles. The first-order valence-electron chi connectivity index (χ1n) is 12.6. The molecule has 0 bridgehead atoms. The molecule has 1 aliphatic heterocycles. The SMILES string of the molecule is Cc1cc(NC(=O)c2cccc(Nn3nc(NC4CCCNC4)c4cccnc43)c2)ccc1C(C)C. The minimum absolute atomic E-state index is 0.161. The summed E-state index contributed by atoms with van der Waals surface area (Å²) in [7, 11) is 0. The Labute approximate surface area is 211 Å². The molecule has 1 unspecified atom stereocenters. The van der Waals surface area contributed by atoms with E-state index in [-0.39, 0.29) is 5.91 Å². The molecule has 4 N–H and O–H groups in total. The zero-order valence-electron chi connectivity index (χ0n) is 21.0. The zero-order chi connectivity index (χ0) is 25.1. The first kappa shape index (κ1) is 23.8. The average molecular weight is 484 g/mol. The third kappa shape index (κ3) is 5.18. The number of fused-ring (bicyclic) bond motifs is 1. The van der Waals surface area contributed by atoms with Crippen LogP contribution in [-0.4, -0.2) is 39.9 Å². The number of hydrogen-bond donors (Lipinski definition) is 4. The number of carbonyl (C=O) groups excluding carboxylic acids is 1. The van der Waals surface area contributed by atoms with E-state index in [9.17, 15) is 4.79 Å². The van der Waals surface area contributed by atoms with Gasteiger partial charge in [-0.1, -0.05) is 26.0 Å². The highest BCUT2D eigenvalue weighted by atomic mass is 16.1. The molecule has 8 heteroatoms. The van der Waals surface area contributed by atoms with Gasteiger partial charge in [-0.15, -0.1) is 5.10 Å². The fraction of sp³-hybridized carbons (Fsp3) is 0.321. The lowest BCUT2D eigenvalue weighted by atomic mass is 9.97. The predicted molar refractivity (Wildman–Crippen MR) is 146 cm³/mol. The number of aromatic nitrogens is 3. The van der Waals surface area contributed by atoms with E-state index in [1.807, 2.05) is 42.5 Å². The van der Waals surface area contributed by atoms with Crippen LogP contribution < -0.4 is 21.4 Å². The van der Waals surface area contributed by atoms with Crippen molar-refractivity contribution in [3.8, 4) is 0 Å². The van der Waals surface area contributed by atoms with Crippen LogP contribution in [0.25, 0.3) is 11.0 Å². The quantitative estimate of drug-likeness (QED) is 0.290. The predicted octanol–water partition coefficient (Wildman–Crippen LogP) is 5.15. The van der Waals surface area contributed by atoms with Crippen molar-refractivity contribution in [1.82, 2.24) is 20.2 Å². The Kier molecular flexibility index (Phi) is 6.86. The Balaban J connectivity index is 1.34. The summed E-state index contributed by atoms with van der Waals surface area (Å²) in [6, 6.07) is 17.7. The Morgan fingerprint density at radius 1 is 1.11 bits per heavy atom. The van der Waals surface area contributed by atoms with Gasteiger partial charge in [0.25, 0.3) is 5.91 Å². The Hall–Kier alpha value is -3.91. The smallest absolute Gasteiger partial charge is 0.255 e. The number of nitrogens with one attached hydrogen (secondary N) is 4. The number of anilines is 3. The number of aryl methyl sites for hydroxylation is 1. The maximum absolute atomic E-state index is 13.0. The van der Waals surface area contributed by atoms with E-state index in [2.05, 4.69) is 53.2 Å². The van der Waals surface area contributed by atoms with Crippen molar-refractivity contribution in [3.63, 3.8) is 0 Å². The van der Waals surface area contributed by atoms with E-state index < -0.39 is 0 Å². The van der Waals surface area contributed by atoms with E-state index >= 15 is 0 Å². The standard InChI is InChI=1S/C28H33N7O/c1-18(2)24-12-11-21(15-19(24)3)32-28(36)20-7-4-8-22(16-20)33-35-27-25(10-6-14-30-27)26(34-35)31-23-9-5-13-29-17-23/h4,6-8,10-12,14-16,18,23,29,33H,5,9,13,17H2,1-3H3,(H,31,34)(H,32,36).